The van der Waals surface area contributed by atoms with Crippen LogP contribution in [-0.4, -0.2) is 10.9 Å². The minimum atomic E-state index is 0.361. The molecule has 4 rings (SSSR count). The van der Waals surface area contributed by atoms with Gasteiger partial charge in [-0.3, -0.25) is 0 Å². The summed E-state index contributed by atoms with van der Waals surface area (Å²) in [6.45, 7) is 12.5. The van der Waals surface area contributed by atoms with Crippen molar-refractivity contribution in [1.82, 2.24) is 0 Å². The predicted octanol–water partition coefficient (Wildman–Crippen LogP) is 7.86. The van der Waals surface area contributed by atoms with Gasteiger partial charge in [-0.05, 0) is 104 Å². The average molecular weight is 400 g/mol. The van der Waals surface area contributed by atoms with E-state index in [-0.39, 0.29) is 0 Å². The maximum Gasteiger partial charge on any atom is 0.0795 e. The molecule has 0 saturated heterocycles. The van der Waals surface area contributed by atoms with Crippen molar-refractivity contribution >= 4 is 5.71 Å². The Morgan fingerprint density at radius 3 is 2.52 bits per heavy atom. The van der Waals surface area contributed by atoms with E-state index in [0.717, 1.165) is 47.6 Å². The maximum absolute atomic E-state index is 9.27. The highest BCUT2D eigenvalue weighted by atomic mass is 16.4. The second-order valence-electron chi connectivity index (χ2n) is 12.1. The molecule has 0 bridgehead atoms. The highest BCUT2D eigenvalue weighted by molar-refractivity contribution is 5.96. The molecule has 7 unspecified atom stereocenters. The van der Waals surface area contributed by atoms with E-state index in [9.17, 15) is 5.21 Å². The van der Waals surface area contributed by atoms with E-state index < -0.39 is 0 Å². The minimum Gasteiger partial charge on any atom is -0.411 e. The van der Waals surface area contributed by atoms with Crippen LogP contribution < -0.4 is 0 Å². The lowest BCUT2D eigenvalue weighted by molar-refractivity contribution is -0.0574. The van der Waals surface area contributed by atoms with Crippen LogP contribution in [0.4, 0.5) is 0 Å². The molecule has 3 fully saturated rings. The number of nitrogens with zero attached hydrogens (tertiary/aromatic N) is 1. The van der Waals surface area contributed by atoms with E-state index in [1.807, 2.05) is 0 Å². The van der Waals surface area contributed by atoms with Crippen molar-refractivity contribution in [3.8, 4) is 0 Å². The van der Waals surface area contributed by atoms with E-state index in [4.69, 9.17) is 0 Å². The smallest absolute Gasteiger partial charge is 0.0795 e. The molecule has 164 valence electrons. The maximum atomic E-state index is 9.27. The second kappa shape index (κ2) is 8.04. The molecular formula is C27H45NO. The molecule has 0 amide bonds. The van der Waals surface area contributed by atoms with Crippen molar-refractivity contribution in [3.05, 3.63) is 11.6 Å². The summed E-state index contributed by atoms with van der Waals surface area (Å²) >= 11 is 0. The highest BCUT2D eigenvalue weighted by Crippen LogP contribution is 2.67. The summed E-state index contributed by atoms with van der Waals surface area (Å²) < 4.78 is 0. The predicted molar refractivity (Wildman–Crippen MR) is 122 cm³/mol. The first-order valence-corrected chi connectivity index (χ1v) is 12.7. The number of hydrogen-bond donors (Lipinski definition) is 1. The van der Waals surface area contributed by atoms with Crippen LogP contribution in [0.25, 0.3) is 0 Å². The van der Waals surface area contributed by atoms with Crippen molar-refractivity contribution in [1.29, 1.82) is 0 Å². The van der Waals surface area contributed by atoms with Gasteiger partial charge in [0, 0.05) is 0 Å². The third-order valence-electron chi connectivity index (χ3n) is 10.3. The Balaban J connectivity index is 1.49. The van der Waals surface area contributed by atoms with E-state index >= 15 is 0 Å². The molecule has 1 N–H and O–H groups in total. The zero-order chi connectivity index (χ0) is 20.8. The van der Waals surface area contributed by atoms with Crippen LogP contribution in [0.2, 0.25) is 0 Å². The number of fused-ring (bicyclic) bond motifs is 5. The Morgan fingerprint density at radius 2 is 1.79 bits per heavy atom. The van der Waals surface area contributed by atoms with E-state index in [0.29, 0.717) is 10.8 Å². The molecule has 4 aliphatic carbocycles. The molecule has 0 heterocycles. The summed E-state index contributed by atoms with van der Waals surface area (Å²) in [5.74, 6) is 5.43. The molecule has 29 heavy (non-hydrogen) atoms. The first-order chi connectivity index (χ1) is 13.8. The van der Waals surface area contributed by atoms with Crippen molar-refractivity contribution < 1.29 is 5.21 Å². The van der Waals surface area contributed by atoms with Gasteiger partial charge in [0.2, 0.25) is 0 Å². The van der Waals surface area contributed by atoms with Gasteiger partial charge in [-0.25, -0.2) is 0 Å². The fourth-order valence-electron chi connectivity index (χ4n) is 8.67. The number of oxime groups is 1. The number of rotatable bonds is 5. The number of hydrogen-bond acceptors (Lipinski definition) is 2. The van der Waals surface area contributed by atoms with E-state index in [1.54, 1.807) is 5.57 Å². The Labute approximate surface area is 179 Å². The van der Waals surface area contributed by atoms with Gasteiger partial charge in [0.1, 0.15) is 0 Å². The molecule has 0 aromatic rings. The van der Waals surface area contributed by atoms with Crippen LogP contribution in [0, 0.1) is 46.3 Å². The third-order valence-corrected chi connectivity index (χ3v) is 10.3. The fourth-order valence-corrected chi connectivity index (χ4v) is 8.67. The van der Waals surface area contributed by atoms with Gasteiger partial charge >= 0.3 is 0 Å². The molecule has 2 heteroatoms. The molecule has 2 nitrogen and oxygen atoms in total. The van der Waals surface area contributed by atoms with E-state index in [2.05, 4.69) is 45.9 Å². The van der Waals surface area contributed by atoms with Crippen molar-refractivity contribution in [2.45, 2.75) is 105 Å². The zero-order valence-corrected chi connectivity index (χ0v) is 19.7. The first kappa shape index (κ1) is 21.4. The summed E-state index contributed by atoms with van der Waals surface area (Å²) in [7, 11) is 0. The minimum absolute atomic E-state index is 0.361. The SMILES string of the molecule is CC(C)CCCC(C)C1CCC2C3CCC4=C/C(=N/O)CCC4(C)C3CCC12C. The largest absolute Gasteiger partial charge is 0.411 e. The summed E-state index contributed by atoms with van der Waals surface area (Å²) in [6.07, 6.45) is 17.1. The van der Waals surface area contributed by atoms with Gasteiger partial charge in [-0.1, -0.05) is 64.6 Å². The van der Waals surface area contributed by atoms with Crippen molar-refractivity contribution in [3.63, 3.8) is 0 Å². The monoisotopic (exact) mass is 399 g/mol. The molecule has 0 aliphatic heterocycles. The Morgan fingerprint density at radius 1 is 1.00 bits per heavy atom. The van der Waals surface area contributed by atoms with Crippen LogP contribution in [0.15, 0.2) is 16.8 Å². The number of allylic oxidation sites excluding steroid dienone is 2. The molecule has 3 saturated carbocycles. The highest BCUT2D eigenvalue weighted by Gasteiger charge is 2.59. The van der Waals surface area contributed by atoms with Crippen LogP contribution in [0.1, 0.15) is 105 Å². The normalized spacial score (nSPS) is 44.2. The lowest BCUT2D eigenvalue weighted by Gasteiger charge is -2.58. The van der Waals surface area contributed by atoms with Gasteiger partial charge in [0.05, 0.1) is 5.71 Å². The standard InChI is InChI=1S/C27H45NO/c1-18(2)7-6-8-19(3)23-11-12-24-22-10-9-20-17-21(28-29)13-15-26(20,4)25(22)14-16-27(23,24)5/h17-19,22-25,29H,6-16H2,1-5H3/b28-21+. The topological polar surface area (TPSA) is 32.6 Å². The molecule has 0 spiro atoms. The quantitative estimate of drug-likeness (QED) is 0.370. The van der Waals surface area contributed by atoms with Gasteiger partial charge < -0.3 is 5.21 Å². The van der Waals surface area contributed by atoms with Crippen molar-refractivity contribution in [2.75, 3.05) is 0 Å². The Kier molecular flexibility index (Phi) is 5.95. The molecule has 0 aromatic heterocycles. The lowest BCUT2D eigenvalue weighted by Crippen LogP contribution is -2.51. The molecular weight excluding hydrogens is 354 g/mol. The summed E-state index contributed by atoms with van der Waals surface area (Å²) in [4.78, 5) is 0. The summed E-state index contributed by atoms with van der Waals surface area (Å²) in [6, 6.07) is 0. The molecule has 0 aromatic carbocycles. The van der Waals surface area contributed by atoms with Crippen LogP contribution in [0.3, 0.4) is 0 Å². The third kappa shape index (κ3) is 3.61. The summed E-state index contributed by atoms with van der Waals surface area (Å²) in [5, 5.41) is 12.8. The average Bonchev–Trinajstić information content (AvgIpc) is 3.04. The van der Waals surface area contributed by atoms with Gasteiger partial charge in [-0.15, -0.1) is 0 Å². The van der Waals surface area contributed by atoms with Gasteiger partial charge in [-0.2, -0.15) is 0 Å². The summed E-state index contributed by atoms with van der Waals surface area (Å²) in [5.41, 5.74) is 3.45. The zero-order valence-electron chi connectivity index (χ0n) is 19.7. The molecule has 0 radical (unpaired) electrons. The fraction of sp³-hybridized carbons (Fsp3) is 0.889. The van der Waals surface area contributed by atoms with Crippen LogP contribution >= 0.6 is 0 Å². The van der Waals surface area contributed by atoms with Crippen LogP contribution in [0.5, 0.6) is 0 Å². The Hall–Kier alpha value is -0.790. The van der Waals surface area contributed by atoms with Gasteiger partial charge in [0.15, 0.2) is 0 Å². The Bertz CT molecular complexity index is 663. The van der Waals surface area contributed by atoms with Crippen molar-refractivity contribution in [2.24, 2.45) is 51.5 Å². The first-order valence-electron chi connectivity index (χ1n) is 12.7. The lowest BCUT2D eigenvalue weighted by atomic mass is 9.46. The molecule has 4 aliphatic rings. The van der Waals surface area contributed by atoms with E-state index in [1.165, 1.54) is 64.2 Å². The van der Waals surface area contributed by atoms with Gasteiger partial charge in [0.25, 0.3) is 0 Å². The van der Waals surface area contributed by atoms with Crippen LogP contribution in [-0.2, 0) is 0 Å². The second-order valence-corrected chi connectivity index (χ2v) is 12.1. The molecule has 7 atom stereocenters.